The Morgan fingerprint density at radius 3 is 2.00 bits per heavy atom. The molecule has 3 unspecified atom stereocenters. The van der Waals surface area contributed by atoms with Crippen LogP contribution in [-0.2, 0) is 9.59 Å². The SMILES string of the molecule is CC(C)(C)C1C(C(=O)O)N1CC(=O)O. The molecule has 0 aromatic rings. The maximum atomic E-state index is 10.8. The predicted molar refractivity (Wildman–Crippen MR) is 49.0 cm³/mol. The molecule has 80 valence electrons. The molecule has 1 rings (SSSR count). The highest BCUT2D eigenvalue weighted by Crippen LogP contribution is 2.41. The molecule has 1 aliphatic rings. The minimum atomic E-state index is -0.983. The molecule has 0 aromatic carbocycles. The van der Waals surface area contributed by atoms with Gasteiger partial charge in [0.2, 0.25) is 0 Å². The third-order valence-corrected chi connectivity index (χ3v) is 2.38. The standard InChI is InChI=1S/C9H15NO4/c1-9(2,3)7-6(8(13)14)10(7)4-5(11)12/h6-7H,4H2,1-3H3,(H,11,12)(H,13,14). The first-order valence-electron chi connectivity index (χ1n) is 4.45. The van der Waals surface area contributed by atoms with E-state index in [9.17, 15) is 9.59 Å². The molecule has 0 radical (unpaired) electrons. The van der Waals surface area contributed by atoms with Crippen molar-refractivity contribution in [1.29, 1.82) is 0 Å². The minimum absolute atomic E-state index is 0.170. The Kier molecular flexibility index (Phi) is 2.54. The molecule has 1 heterocycles. The van der Waals surface area contributed by atoms with Crippen LogP contribution >= 0.6 is 0 Å². The van der Waals surface area contributed by atoms with Crippen LogP contribution in [0, 0.1) is 5.41 Å². The molecule has 2 N–H and O–H groups in total. The Labute approximate surface area is 82.3 Å². The average molecular weight is 201 g/mol. The molecule has 5 nitrogen and oxygen atoms in total. The van der Waals surface area contributed by atoms with E-state index in [4.69, 9.17) is 10.2 Å². The van der Waals surface area contributed by atoms with Crippen LogP contribution in [0.2, 0.25) is 0 Å². The number of hydrogen-bond donors (Lipinski definition) is 2. The summed E-state index contributed by atoms with van der Waals surface area (Å²) in [5, 5.41) is 17.4. The minimum Gasteiger partial charge on any atom is -0.480 e. The van der Waals surface area contributed by atoms with Crippen LogP contribution in [0.15, 0.2) is 0 Å². The topological polar surface area (TPSA) is 77.6 Å². The Morgan fingerprint density at radius 2 is 1.79 bits per heavy atom. The first-order chi connectivity index (χ1) is 6.25. The molecule has 0 amide bonds. The quantitative estimate of drug-likeness (QED) is 0.640. The van der Waals surface area contributed by atoms with Crippen molar-refractivity contribution >= 4 is 11.9 Å². The molecular weight excluding hydrogens is 186 g/mol. The summed E-state index contributed by atoms with van der Waals surface area (Å²) < 4.78 is 0. The van der Waals surface area contributed by atoms with Crippen molar-refractivity contribution in [2.45, 2.75) is 32.9 Å². The monoisotopic (exact) mass is 201 g/mol. The van der Waals surface area contributed by atoms with Crippen LogP contribution in [-0.4, -0.2) is 45.7 Å². The average Bonchev–Trinajstić information content (AvgIpc) is 2.58. The third-order valence-electron chi connectivity index (χ3n) is 2.38. The van der Waals surface area contributed by atoms with Crippen molar-refractivity contribution in [2.75, 3.05) is 6.54 Å². The van der Waals surface area contributed by atoms with Crippen LogP contribution < -0.4 is 0 Å². The van der Waals surface area contributed by atoms with E-state index in [1.807, 2.05) is 20.8 Å². The van der Waals surface area contributed by atoms with E-state index in [2.05, 4.69) is 0 Å². The first kappa shape index (κ1) is 11.0. The fourth-order valence-corrected chi connectivity index (χ4v) is 1.88. The van der Waals surface area contributed by atoms with Gasteiger partial charge in [-0.3, -0.25) is 14.5 Å². The number of carbonyl (C=O) groups is 2. The molecule has 5 heteroatoms. The van der Waals surface area contributed by atoms with Gasteiger partial charge >= 0.3 is 11.9 Å². The van der Waals surface area contributed by atoms with Gasteiger partial charge < -0.3 is 10.2 Å². The van der Waals surface area contributed by atoms with Crippen molar-refractivity contribution in [2.24, 2.45) is 5.41 Å². The highest BCUT2D eigenvalue weighted by Gasteiger charge is 2.58. The first-order valence-corrected chi connectivity index (χ1v) is 4.45. The van der Waals surface area contributed by atoms with Crippen molar-refractivity contribution in [3.8, 4) is 0 Å². The molecule has 0 aromatic heterocycles. The van der Waals surface area contributed by atoms with Crippen molar-refractivity contribution in [1.82, 2.24) is 4.90 Å². The molecule has 14 heavy (non-hydrogen) atoms. The third kappa shape index (κ3) is 2.04. The van der Waals surface area contributed by atoms with E-state index in [0.717, 1.165) is 0 Å². The number of aliphatic carboxylic acids is 2. The number of hydrogen-bond acceptors (Lipinski definition) is 3. The summed E-state index contributed by atoms with van der Waals surface area (Å²) in [6, 6.07) is -0.804. The van der Waals surface area contributed by atoms with E-state index in [1.54, 1.807) is 0 Å². The number of carboxylic acid groups (broad SMARTS) is 2. The number of carboxylic acids is 2. The fraction of sp³-hybridized carbons (Fsp3) is 0.778. The van der Waals surface area contributed by atoms with Crippen LogP contribution in [0.4, 0.5) is 0 Å². The lowest BCUT2D eigenvalue weighted by atomic mass is 9.90. The van der Waals surface area contributed by atoms with Crippen LogP contribution in [0.3, 0.4) is 0 Å². The highest BCUT2D eigenvalue weighted by atomic mass is 16.4. The van der Waals surface area contributed by atoms with Crippen molar-refractivity contribution < 1.29 is 19.8 Å². The van der Waals surface area contributed by atoms with Gasteiger partial charge in [0.25, 0.3) is 0 Å². The van der Waals surface area contributed by atoms with Gasteiger partial charge in [0, 0.05) is 6.04 Å². The predicted octanol–water partition coefficient (Wildman–Crippen LogP) is 0.254. The highest BCUT2D eigenvalue weighted by molar-refractivity contribution is 5.80. The van der Waals surface area contributed by atoms with Gasteiger partial charge in [-0.05, 0) is 5.41 Å². The zero-order valence-corrected chi connectivity index (χ0v) is 8.52. The molecule has 0 saturated carbocycles. The molecule has 0 aliphatic carbocycles. The van der Waals surface area contributed by atoms with Crippen molar-refractivity contribution in [3.05, 3.63) is 0 Å². The van der Waals surface area contributed by atoms with E-state index in [0.29, 0.717) is 0 Å². The fourth-order valence-electron chi connectivity index (χ4n) is 1.88. The Morgan fingerprint density at radius 1 is 1.29 bits per heavy atom. The zero-order valence-electron chi connectivity index (χ0n) is 8.52. The zero-order chi connectivity index (χ0) is 11.1. The van der Waals surface area contributed by atoms with Crippen LogP contribution in [0.25, 0.3) is 0 Å². The van der Waals surface area contributed by atoms with Crippen LogP contribution in [0.5, 0.6) is 0 Å². The van der Waals surface area contributed by atoms with Gasteiger partial charge in [-0.15, -0.1) is 0 Å². The molecule has 1 aliphatic heterocycles. The lowest BCUT2D eigenvalue weighted by molar-refractivity contribution is -0.138. The lowest BCUT2D eigenvalue weighted by Crippen LogP contribution is -2.22. The van der Waals surface area contributed by atoms with Gasteiger partial charge in [-0.2, -0.15) is 0 Å². The molecule has 3 atom stereocenters. The summed E-state index contributed by atoms with van der Waals surface area (Å²) in [4.78, 5) is 22.7. The second-order valence-corrected chi connectivity index (χ2v) is 4.66. The summed E-state index contributed by atoms with van der Waals surface area (Å²) in [6.07, 6.45) is 0. The summed E-state index contributed by atoms with van der Waals surface area (Å²) >= 11 is 0. The second-order valence-electron chi connectivity index (χ2n) is 4.66. The van der Waals surface area contributed by atoms with Gasteiger partial charge in [0.1, 0.15) is 6.04 Å². The maximum Gasteiger partial charge on any atom is 0.322 e. The summed E-state index contributed by atoms with van der Waals surface area (Å²) in [7, 11) is 0. The Bertz CT molecular complexity index is 268. The summed E-state index contributed by atoms with van der Waals surface area (Å²) in [5.41, 5.74) is -0.196. The normalized spacial score (nSPS) is 31.2. The van der Waals surface area contributed by atoms with E-state index < -0.39 is 18.0 Å². The molecule has 0 spiro atoms. The number of rotatable bonds is 3. The Hall–Kier alpha value is -1.10. The smallest absolute Gasteiger partial charge is 0.322 e. The summed E-state index contributed by atoms with van der Waals surface area (Å²) in [5.74, 6) is -1.92. The molecular formula is C9H15NO4. The van der Waals surface area contributed by atoms with Crippen LogP contribution in [0.1, 0.15) is 20.8 Å². The van der Waals surface area contributed by atoms with Gasteiger partial charge in [0.15, 0.2) is 0 Å². The molecule has 1 saturated heterocycles. The Balaban J connectivity index is 2.69. The van der Waals surface area contributed by atoms with E-state index in [-0.39, 0.29) is 18.0 Å². The van der Waals surface area contributed by atoms with Crippen molar-refractivity contribution in [3.63, 3.8) is 0 Å². The molecule has 0 bridgehead atoms. The van der Waals surface area contributed by atoms with Gasteiger partial charge in [-0.25, -0.2) is 0 Å². The largest absolute Gasteiger partial charge is 0.480 e. The second kappa shape index (κ2) is 3.24. The van der Waals surface area contributed by atoms with E-state index in [1.165, 1.54) is 4.90 Å². The van der Waals surface area contributed by atoms with Gasteiger partial charge in [-0.1, -0.05) is 20.8 Å². The number of nitrogens with zero attached hydrogens (tertiary/aromatic N) is 1. The molecule has 1 fully saturated rings. The lowest BCUT2D eigenvalue weighted by Gasteiger charge is -2.17. The van der Waals surface area contributed by atoms with E-state index >= 15 is 0 Å². The summed E-state index contributed by atoms with van der Waals surface area (Å²) in [6.45, 7) is 5.54. The maximum absolute atomic E-state index is 10.8. The van der Waals surface area contributed by atoms with Gasteiger partial charge in [0.05, 0.1) is 6.54 Å².